The van der Waals surface area contributed by atoms with Gasteiger partial charge in [-0.3, -0.25) is 0 Å². The molecule has 7 nitrogen and oxygen atoms in total. The normalized spacial score (nSPS) is 10.7. The minimum Gasteiger partial charge on any atom is -0.497 e. The van der Waals surface area contributed by atoms with E-state index in [1.807, 2.05) is 25.1 Å². The van der Waals surface area contributed by atoms with E-state index in [4.69, 9.17) is 14.0 Å². The SMILES string of the molecule is CCCNC(=O)N(Cc1cc(-c2ccc(OC)cc2OC)on1)CC(C)C. The average molecular weight is 375 g/mol. The van der Waals surface area contributed by atoms with E-state index >= 15 is 0 Å². The highest BCUT2D eigenvalue weighted by atomic mass is 16.5. The molecule has 1 aromatic heterocycles. The van der Waals surface area contributed by atoms with Crippen molar-refractivity contribution in [2.45, 2.75) is 33.7 Å². The van der Waals surface area contributed by atoms with E-state index in [0.717, 1.165) is 12.0 Å². The lowest BCUT2D eigenvalue weighted by molar-refractivity contribution is 0.186. The van der Waals surface area contributed by atoms with Crippen LogP contribution < -0.4 is 14.8 Å². The monoisotopic (exact) mass is 375 g/mol. The Morgan fingerprint density at radius 2 is 2.04 bits per heavy atom. The van der Waals surface area contributed by atoms with Crippen LogP contribution in [0.1, 0.15) is 32.9 Å². The summed E-state index contributed by atoms with van der Waals surface area (Å²) in [5.41, 5.74) is 1.47. The number of aromatic nitrogens is 1. The van der Waals surface area contributed by atoms with Gasteiger partial charge in [0.1, 0.15) is 17.2 Å². The zero-order chi connectivity index (χ0) is 19.8. The van der Waals surface area contributed by atoms with Gasteiger partial charge in [0.2, 0.25) is 0 Å². The predicted octanol–water partition coefficient (Wildman–Crippen LogP) is 3.94. The summed E-state index contributed by atoms with van der Waals surface area (Å²) in [6.45, 7) is 7.87. The Hall–Kier alpha value is -2.70. The van der Waals surface area contributed by atoms with Gasteiger partial charge in [-0.15, -0.1) is 0 Å². The fourth-order valence-electron chi connectivity index (χ4n) is 2.71. The maximum atomic E-state index is 12.4. The van der Waals surface area contributed by atoms with Crippen molar-refractivity contribution in [3.8, 4) is 22.8 Å². The topological polar surface area (TPSA) is 76.8 Å². The van der Waals surface area contributed by atoms with Crippen LogP contribution in [-0.2, 0) is 6.54 Å². The van der Waals surface area contributed by atoms with Gasteiger partial charge in [-0.1, -0.05) is 25.9 Å². The first-order chi connectivity index (χ1) is 13.0. The lowest BCUT2D eigenvalue weighted by atomic mass is 10.1. The van der Waals surface area contributed by atoms with Gasteiger partial charge in [0.05, 0.1) is 26.3 Å². The lowest BCUT2D eigenvalue weighted by Crippen LogP contribution is -2.41. The van der Waals surface area contributed by atoms with Crippen LogP contribution in [-0.4, -0.2) is 43.4 Å². The number of carbonyl (C=O) groups is 1. The van der Waals surface area contributed by atoms with Crippen LogP contribution in [0.2, 0.25) is 0 Å². The van der Waals surface area contributed by atoms with Gasteiger partial charge >= 0.3 is 6.03 Å². The van der Waals surface area contributed by atoms with E-state index in [-0.39, 0.29) is 6.03 Å². The van der Waals surface area contributed by atoms with Crippen LogP contribution in [0.4, 0.5) is 4.79 Å². The third-order valence-corrected chi connectivity index (χ3v) is 3.98. The fraction of sp³-hybridized carbons (Fsp3) is 0.500. The summed E-state index contributed by atoms with van der Waals surface area (Å²) in [6, 6.07) is 7.24. The second kappa shape index (κ2) is 9.85. The maximum absolute atomic E-state index is 12.4. The van der Waals surface area contributed by atoms with Gasteiger partial charge in [0.25, 0.3) is 0 Å². The van der Waals surface area contributed by atoms with Gasteiger partial charge < -0.3 is 24.2 Å². The Balaban J connectivity index is 2.19. The number of nitrogens with zero attached hydrogens (tertiary/aromatic N) is 2. The highest BCUT2D eigenvalue weighted by Crippen LogP contribution is 2.33. The van der Waals surface area contributed by atoms with Crippen molar-refractivity contribution < 1.29 is 18.8 Å². The molecular weight excluding hydrogens is 346 g/mol. The number of carbonyl (C=O) groups excluding carboxylic acids is 1. The predicted molar refractivity (Wildman–Crippen MR) is 104 cm³/mol. The van der Waals surface area contributed by atoms with E-state index in [0.29, 0.717) is 48.5 Å². The van der Waals surface area contributed by atoms with Gasteiger partial charge in [0, 0.05) is 25.2 Å². The van der Waals surface area contributed by atoms with Crippen LogP contribution in [0.15, 0.2) is 28.8 Å². The quantitative estimate of drug-likeness (QED) is 0.718. The summed E-state index contributed by atoms with van der Waals surface area (Å²) in [7, 11) is 3.20. The Morgan fingerprint density at radius 1 is 1.26 bits per heavy atom. The molecule has 0 bridgehead atoms. The van der Waals surface area contributed by atoms with Crippen LogP contribution in [0.3, 0.4) is 0 Å². The molecule has 0 aliphatic rings. The molecule has 27 heavy (non-hydrogen) atoms. The number of urea groups is 1. The molecule has 1 N–H and O–H groups in total. The van der Waals surface area contributed by atoms with E-state index in [9.17, 15) is 4.79 Å². The van der Waals surface area contributed by atoms with E-state index < -0.39 is 0 Å². The standard InChI is InChI=1S/C20H29N3O4/c1-6-9-21-20(24)23(12-14(2)3)13-15-10-19(27-22-15)17-8-7-16(25-4)11-18(17)26-5/h7-8,10-11,14H,6,9,12-13H2,1-5H3,(H,21,24). The number of benzene rings is 1. The number of nitrogens with one attached hydrogen (secondary N) is 1. The van der Waals surface area contributed by atoms with Gasteiger partial charge in [0.15, 0.2) is 5.76 Å². The van der Waals surface area contributed by atoms with Gasteiger partial charge in [-0.25, -0.2) is 4.79 Å². The summed E-state index contributed by atoms with van der Waals surface area (Å²) in [4.78, 5) is 14.2. The molecule has 148 valence electrons. The number of rotatable bonds is 9. The molecule has 0 unspecified atom stereocenters. The van der Waals surface area contributed by atoms with Crippen molar-refractivity contribution in [1.29, 1.82) is 0 Å². The smallest absolute Gasteiger partial charge is 0.317 e. The highest BCUT2D eigenvalue weighted by Gasteiger charge is 2.19. The summed E-state index contributed by atoms with van der Waals surface area (Å²) in [5, 5.41) is 7.06. The van der Waals surface area contributed by atoms with Gasteiger partial charge in [-0.05, 0) is 24.5 Å². The second-order valence-corrected chi connectivity index (χ2v) is 6.76. The summed E-state index contributed by atoms with van der Waals surface area (Å²) in [5.74, 6) is 2.27. The first kappa shape index (κ1) is 20.6. The minimum atomic E-state index is -0.0860. The zero-order valence-electron chi connectivity index (χ0n) is 16.7. The molecule has 1 aromatic carbocycles. The minimum absolute atomic E-state index is 0.0860. The van der Waals surface area contributed by atoms with Crippen molar-refractivity contribution in [3.05, 3.63) is 30.0 Å². The third kappa shape index (κ3) is 5.64. The Labute approximate surface area is 160 Å². The van der Waals surface area contributed by atoms with Crippen molar-refractivity contribution in [2.75, 3.05) is 27.3 Å². The second-order valence-electron chi connectivity index (χ2n) is 6.76. The largest absolute Gasteiger partial charge is 0.497 e. The molecule has 1 heterocycles. The molecule has 7 heteroatoms. The molecule has 2 amide bonds. The number of ether oxygens (including phenoxy) is 2. The Morgan fingerprint density at radius 3 is 2.67 bits per heavy atom. The molecule has 0 spiro atoms. The highest BCUT2D eigenvalue weighted by molar-refractivity contribution is 5.74. The number of methoxy groups -OCH3 is 2. The third-order valence-electron chi connectivity index (χ3n) is 3.98. The number of amides is 2. The van der Waals surface area contributed by atoms with Gasteiger partial charge in [-0.2, -0.15) is 0 Å². The van der Waals surface area contributed by atoms with E-state index in [1.165, 1.54) is 0 Å². The van der Waals surface area contributed by atoms with Crippen LogP contribution in [0.25, 0.3) is 11.3 Å². The molecule has 0 atom stereocenters. The van der Waals surface area contributed by atoms with Crippen molar-refractivity contribution in [2.24, 2.45) is 5.92 Å². The molecule has 0 aliphatic heterocycles. The molecule has 0 saturated carbocycles. The van der Waals surface area contributed by atoms with Crippen LogP contribution in [0.5, 0.6) is 11.5 Å². The first-order valence-electron chi connectivity index (χ1n) is 9.19. The van der Waals surface area contributed by atoms with Crippen molar-refractivity contribution in [1.82, 2.24) is 15.4 Å². The molecule has 0 fully saturated rings. The first-order valence-corrected chi connectivity index (χ1v) is 9.19. The lowest BCUT2D eigenvalue weighted by Gasteiger charge is -2.23. The molecule has 2 rings (SSSR count). The van der Waals surface area contributed by atoms with Crippen LogP contribution in [0, 0.1) is 5.92 Å². The summed E-state index contributed by atoms with van der Waals surface area (Å²) >= 11 is 0. The van der Waals surface area contributed by atoms with Crippen LogP contribution >= 0.6 is 0 Å². The average Bonchev–Trinajstić information content (AvgIpc) is 3.12. The Kier molecular flexibility index (Phi) is 7.52. The zero-order valence-corrected chi connectivity index (χ0v) is 16.7. The summed E-state index contributed by atoms with van der Waals surface area (Å²) in [6.07, 6.45) is 0.895. The Bertz CT molecular complexity index is 743. The molecular formula is C20H29N3O4. The summed E-state index contributed by atoms with van der Waals surface area (Å²) < 4.78 is 16.2. The number of hydrogen-bond acceptors (Lipinski definition) is 5. The van der Waals surface area contributed by atoms with E-state index in [1.54, 1.807) is 25.2 Å². The molecule has 2 aromatic rings. The van der Waals surface area contributed by atoms with Crippen molar-refractivity contribution >= 4 is 6.03 Å². The van der Waals surface area contributed by atoms with E-state index in [2.05, 4.69) is 24.3 Å². The molecule has 0 saturated heterocycles. The maximum Gasteiger partial charge on any atom is 0.317 e. The van der Waals surface area contributed by atoms with Crippen molar-refractivity contribution in [3.63, 3.8) is 0 Å². The molecule has 0 radical (unpaired) electrons. The molecule has 0 aliphatic carbocycles. The fourth-order valence-corrected chi connectivity index (χ4v) is 2.71. The number of hydrogen-bond donors (Lipinski definition) is 1.